The number of halogens is 1. The van der Waals surface area contributed by atoms with Crippen LogP contribution in [0.3, 0.4) is 0 Å². The highest BCUT2D eigenvalue weighted by molar-refractivity contribution is 14.0. The molecule has 0 aliphatic carbocycles. The van der Waals surface area contributed by atoms with E-state index in [0.29, 0.717) is 18.9 Å². The van der Waals surface area contributed by atoms with Gasteiger partial charge in [-0.25, -0.2) is 0 Å². The van der Waals surface area contributed by atoms with Crippen LogP contribution in [0, 0.1) is 0 Å². The van der Waals surface area contributed by atoms with Crippen LogP contribution >= 0.6 is 24.0 Å². The highest BCUT2D eigenvalue weighted by Gasteiger charge is 2.05. The molecule has 0 unspecified atom stereocenters. The zero-order chi connectivity index (χ0) is 17.9. The summed E-state index contributed by atoms with van der Waals surface area (Å²) in [4.78, 5) is 6.72. The Bertz CT molecular complexity index is 665. The first-order valence-corrected chi connectivity index (χ1v) is 8.64. The summed E-state index contributed by atoms with van der Waals surface area (Å²) in [6.07, 6.45) is 0.789. The number of para-hydroxylation sites is 1. The second-order valence-corrected chi connectivity index (χ2v) is 5.74. The number of nitrogens with one attached hydrogen (secondary N) is 1. The Hall–Kier alpha value is -1.96. The van der Waals surface area contributed by atoms with Crippen LogP contribution in [0.5, 0.6) is 11.5 Å². The second kappa shape index (κ2) is 12.4. The van der Waals surface area contributed by atoms with Crippen LogP contribution in [-0.2, 0) is 6.42 Å². The topological polar surface area (TPSA) is 57.1 Å². The van der Waals surface area contributed by atoms with Crippen LogP contribution < -0.4 is 10.1 Å². The van der Waals surface area contributed by atoms with Crippen LogP contribution in [-0.4, -0.2) is 49.3 Å². The fourth-order valence-corrected chi connectivity index (χ4v) is 2.40. The summed E-state index contributed by atoms with van der Waals surface area (Å²) < 4.78 is 5.74. The lowest BCUT2D eigenvalue weighted by Gasteiger charge is -2.22. The molecule has 0 spiro atoms. The number of hydrogen-bond acceptors (Lipinski definition) is 3. The molecule has 5 nitrogen and oxygen atoms in total. The van der Waals surface area contributed by atoms with Crippen molar-refractivity contribution in [2.45, 2.75) is 13.3 Å². The van der Waals surface area contributed by atoms with E-state index in [1.807, 2.05) is 49.5 Å². The van der Waals surface area contributed by atoms with Gasteiger partial charge in [-0.05, 0) is 43.2 Å². The number of benzene rings is 2. The molecular formula is C20H28IN3O2. The van der Waals surface area contributed by atoms with Crippen molar-refractivity contribution in [2.24, 2.45) is 4.99 Å². The Morgan fingerprint density at radius 2 is 1.92 bits per heavy atom. The molecule has 2 N–H and O–H groups in total. The minimum atomic E-state index is 0. The number of nitrogens with zero attached hydrogens (tertiary/aromatic N) is 2. The molecule has 0 fully saturated rings. The number of phenolic OH excluding ortho intramolecular Hbond substituents is 1. The van der Waals surface area contributed by atoms with Crippen LogP contribution in [0.4, 0.5) is 0 Å². The molecule has 142 valence electrons. The van der Waals surface area contributed by atoms with E-state index in [9.17, 15) is 5.11 Å². The molecule has 0 heterocycles. The fourth-order valence-electron chi connectivity index (χ4n) is 2.40. The summed E-state index contributed by atoms with van der Waals surface area (Å²) in [6, 6.07) is 17.1. The van der Waals surface area contributed by atoms with Gasteiger partial charge >= 0.3 is 0 Å². The van der Waals surface area contributed by atoms with Crippen molar-refractivity contribution in [3.8, 4) is 11.5 Å². The highest BCUT2D eigenvalue weighted by atomic mass is 127. The number of hydrogen-bond donors (Lipinski definition) is 2. The van der Waals surface area contributed by atoms with Crippen LogP contribution in [0.2, 0.25) is 0 Å². The SMILES string of the molecule is CCNC(=NCCc1cccc(O)c1)N(C)CCOc1ccccc1.I. The summed E-state index contributed by atoms with van der Waals surface area (Å²) >= 11 is 0. The van der Waals surface area contributed by atoms with Gasteiger partial charge in [-0.1, -0.05) is 30.3 Å². The smallest absolute Gasteiger partial charge is 0.193 e. The molecule has 0 aliphatic heterocycles. The Morgan fingerprint density at radius 3 is 2.62 bits per heavy atom. The van der Waals surface area contributed by atoms with E-state index < -0.39 is 0 Å². The van der Waals surface area contributed by atoms with E-state index in [0.717, 1.165) is 36.8 Å². The molecule has 6 heteroatoms. The van der Waals surface area contributed by atoms with Crippen molar-refractivity contribution >= 4 is 29.9 Å². The molecule has 0 aliphatic rings. The quantitative estimate of drug-likeness (QED) is 0.353. The number of likely N-dealkylation sites (N-methyl/N-ethyl adjacent to an activating group) is 1. The Balaban J connectivity index is 0.00000338. The molecule has 2 aromatic rings. The van der Waals surface area contributed by atoms with Crippen LogP contribution in [0.25, 0.3) is 0 Å². The van der Waals surface area contributed by atoms with Crippen molar-refractivity contribution in [3.63, 3.8) is 0 Å². The monoisotopic (exact) mass is 469 g/mol. The number of aliphatic imine (C=N–C) groups is 1. The summed E-state index contributed by atoms with van der Waals surface area (Å²) in [7, 11) is 2.00. The molecule has 2 rings (SSSR count). The van der Waals surface area contributed by atoms with Crippen molar-refractivity contribution in [1.82, 2.24) is 10.2 Å². The maximum Gasteiger partial charge on any atom is 0.193 e. The third-order valence-electron chi connectivity index (χ3n) is 3.71. The van der Waals surface area contributed by atoms with Gasteiger partial charge in [0, 0.05) is 20.1 Å². The largest absolute Gasteiger partial charge is 0.508 e. The number of phenols is 1. The average molecular weight is 469 g/mol. The Labute approximate surface area is 173 Å². The summed E-state index contributed by atoms with van der Waals surface area (Å²) in [6.45, 7) is 4.87. The normalized spacial score (nSPS) is 10.8. The number of aromatic hydroxyl groups is 1. The zero-order valence-corrected chi connectivity index (χ0v) is 17.7. The maximum atomic E-state index is 9.51. The van der Waals surface area contributed by atoms with Crippen molar-refractivity contribution in [3.05, 3.63) is 60.2 Å². The third kappa shape index (κ3) is 7.95. The maximum absolute atomic E-state index is 9.51. The van der Waals surface area contributed by atoms with E-state index in [2.05, 4.69) is 22.1 Å². The van der Waals surface area contributed by atoms with Gasteiger partial charge in [-0.3, -0.25) is 4.99 Å². The predicted molar refractivity (Wildman–Crippen MR) is 118 cm³/mol. The zero-order valence-electron chi connectivity index (χ0n) is 15.4. The van der Waals surface area contributed by atoms with Crippen molar-refractivity contribution in [2.75, 3.05) is 33.3 Å². The summed E-state index contributed by atoms with van der Waals surface area (Å²) in [5, 5.41) is 12.8. The lowest BCUT2D eigenvalue weighted by molar-refractivity contribution is 0.281. The Morgan fingerprint density at radius 1 is 1.15 bits per heavy atom. The minimum Gasteiger partial charge on any atom is -0.508 e. The molecule has 0 amide bonds. The lowest BCUT2D eigenvalue weighted by Crippen LogP contribution is -2.41. The number of rotatable bonds is 8. The van der Waals surface area contributed by atoms with Gasteiger partial charge < -0.3 is 20.1 Å². The molecular weight excluding hydrogens is 441 g/mol. The van der Waals surface area contributed by atoms with Crippen LogP contribution in [0.1, 0.15) is 12.5 Å². The van der Waals surface area contributed by atoms with E-state index >= 15 is 0 Å². The van der Waals surface area contributed by atoms with Crippen molar-refractivity contribution < 1.29 is 9.84 Å². The first kappa shape index (κ1) is 22.1. The highest BCUT2D eigenvalue weighted by Crippen LogP contribution is 2.11. The van der Waals surface area contributed by atoms with E-state index in [4.69, 9.17) is 4.74 Å². The van der Waals surface area contributed by atoms with E-state index in [1.165, 1.54) is 0 Å². The third-order valence-corrected chi connectivity index (χ3v) is 3.71. The van der Waals surface area contributed by atoms with Gasteiger partial charge in [0.15, 0.2) is 5.96 Å². The molecule has 0 saturated heterocycles. The van der Waals surface area contributed by atoms with E-state index in [1.54, 1.807) is 12.1 Å². The summed E-state index contributed by atoms with van der Waals surface area (Å²) in [5.41, 5.74) is 1.08. The molecule has 0 bridgehead atoms. The van der Waals surface area contributed by atoms with Gasteiger partial charge in [0.2, 0.25) is 0 Å². The van der Waals surface area contributed by atoms with Gasteiger partial charge in [-0.15, -0.1) is 24.0 Å². The Kier molecular flexibility index (Phi) is 10.5. The standard InChI is InChI=1S/C20H27N3O2.HI/c1-3-21-20(22-13-12-17-8-7-9-18(24)16-17)23(2)14-15-25-19-10-5-4-6-11-19;/h4-11,16,24H,3,12-15H2,1-2H3,(H,21,22);1H. The molecule has 0 saturated carbocycles. The van der Waals surface area contributed by atoms with Crippen molar-refractivity contribution in [1.29, 1.82) is 0 Å². The second-order valence-electron chi connectivity index (χ2n) is 5.74. The van der Waals surface area contributed by atoms with Gasteiger partial charge in [0.25, 0.3) is 0 Å². The molecule has 2 aromatic carbocycles. The number of guanidine groups is 1. The molecule has 0 aromatic heterocycles. The van der Waals surface area contributed by atoms with Gasteiger partial charge in [0.05, 0.1) is 6.54 Å². The minimum absolute atomic E-state index is 0. The first-order chi connectivity index (χ1) is 12.2. The number of ether oxygens (including phenoxy) is 1. The summed E-state index contributed by atoms with van der Waals surface area (Å²) in [5.74, 6) is 2.03. The van der Waals surface area contributed by atoms with Gasteiger partial charge in [0.1, 0.15) is 18.1 Å². The lowest BCUT2D eigenvalue weighted by atomic mass is 10.1. The molecule has 0 atom stereocenters. The average Bonchev–Trinajstić information content (AvgIpc) is 2.62. The first-order valence-electron chi connectivity index (χ1n) is 8.64. The predicted octanol–water partition coefficient (Wildman–Crippen LogP) is 3.53. The van der Waals surface area contributed by atoms with E-state index in [-0.39, 0.29) is 24.0 Å². The molecule has 26 heavy (non-hydrogen) atoms. The van der Waals surface area contributed by atoms with Crippen LogP contribution in [0.15, 0.2) is 59.6 Å². The van der Waals surface area contributed by atoms with Gasteiger partial charge in [-0.2, -0.15) is 0 Å². The molecule has 0 radical (unpaired) electrons. The fraction of sp³-hybridized carbons (Fsp3) is 0.350.